The molecule has 1 aliphatic rings. The summed E-state index contributed by atoms with van der Waals surface area (Å²) >= 11 is 0. The minimum atomic E-state index is -0.847. The summed E-state index contributed by atoms with van der Waals surface area (Å²) in [6.45, 7) is 0.412. The molecule has 1 aromatic heterocycles. The Bertz CT molecular complexity index is 1530. The van der Waals surface area contributed by atoms with Gasteiger partial charge < -0.3 is 33.8 Å². The van der Waals surface area contributed by atoms with E-state index in [0.29, 0.717) is 41.2 Å². The van der Waals surface area contributed by atoms with Gasteiger partial charge in [0.2, 0.25) is 18.4 Å². The van der Waals surface area contributed by atoms with E-state index in [4.69, 9.17) is 23.4 Å². The van der Waals surface area contributed by atoms with Crippen LogP contribution in [0, 0.1) is 0 Å². The number of amides is 1. The number of aromatic hydroxyl groups is 1. The molecule has 0 radical (unpaired) electrons. The van der Waals surface area contributed by atoms with Crippen LogP contribution in [0.5, 0.6) is 28.7 Å². The molecule has 38 heavy (non-hydrogen) atoms. The average molecular weight is 518 g/mol. The predicted octanol–water partition coefficient (Wildman–Crippen LogP) is 4.13. The molecular weight excluding hydrogens is 490 g/mol. The lowest BCUT2D eigenvalue weighted by atomic mass is 9.87. The Morgan fingerprint density at radius 3 is 2.61 bits per heavy atom. The quantitative estimate of drug-likeness (QED) is 0.319. The third-order valence-electron chi connectivity index (χ3n) is 6.54. The third-order valence-corrected chi connectivity index (χ3v) is 6.54. The van der Waals surface area contributed by atoms with Crippen LogP contribution < -0.4 is 29.9 Å². The summed E-state index contributed by atoms with van der Waals surface area (Å²) in [5.74, 6) is 0.637. The van der Waals surface area contributed by atoms with E-state index in [9.17, 15) is 14.7 Å². The number of para-hydroxylation sites is 1. The molecule has 1 unspecified atom stereocenters. The zero-order chi connectivity index (χ0) is 26.6. The minimum absolute atomic E-state index is 0.0186. The van der Waals surface area contributed by atoms with Crippen LogP contribution in [-0.2, 0) is 11.2 Å². The number of fused-ring (bicyclic) bond motifs is 2. The Morgan fingerprint density at radius 1 is 1.05 bits per heavy atom. The molecule has 196 valence electrons. The Hall–Kier alpha value is -4.66. The summed E-state index contributed by atoms with van der Waals surface area (Å²) < 4.78 is 27.2. The van der Waals surface area contributed by atoms with Gasteiger partial charge >= 0.3 is 5.63 Å². The zero-order valence-electron chi connectivity index (χ0n) is 21.0. The number of hydrogen-bond acceptors (Lipinski definition) is 8. The molecule has 0 saturated carbocycles. The van der Waals surface area contributed by atoms with Gasteiger partial charge in [-0.15, -0.1) is 0 Å². The van der Waals surface area contributed by atoms with Crippen molar-refractivity contribution in [2.24, 2.45) is 0 Å². The summed E-state index contributed by atoms with van der Waals surface area (Å²) in [4.78, 5) is 26.3. The number of hydrogen-bond donors (Lipinski definition) is 2. The van der Waals surface area contributed by atoms with Gasteiger partial charge in [-0.3, -0.25) is 4.79 Å². The van der Waals surface area contributed by atoms with Gasteiger partial charge in [0.05, 0.1) is 25.2 Å². The van der Waals surface area contributed by atoms with Gasteiger partial charge in [0.15, 0.2) is 11.5 Å². The van der Waals surface area contributed by atoms with Gasteiger partial charge in [-0.05, 0) is 53.9 Å². The molecule has 1 aliphatic heterocycles. The van der Waals surface area contributed by atoms with Crippen molar-refractivity contribution >= 4 is 16.9 Å². The Kier molecular flexibility index (Phi) is 7.08. The largest absolute Gasteiger partial charge is 0.507 e. The van der Waals surface area contributed by atoms with Crippen LogP contribution in [0.4, 0.5) is 0 Å². The second kappa shape index (κ2) is 10.8. The van der Waals surface area contributed by atoms with Crippen molar-refractivity contribution in [1.29, 1.82) is 0 Å². The molecule has 5 rings (SSSR count). The maximum absolute atomic E-state index is 13.1. The second-order valence-corrected chi connectivity index (χ2v) is 8.81. The molecule has 0 bridgehead atoms. The van der Waals surface area contributed by atoms with Crippen molar-refractivity contribution in [3.05, 3.63) is 87.8 Å². The summed E-state index contributed by atoms with van der Waals surface area (Å²) in [6.07, 6.45) is 0.490. The lowest BCUT2D eigenvalue weighted by Gasteiger charge is -2.20. The van der Waals surface area contributed by atoms with E-state index in [1.165, 1.54) is 7.11 Å². The first-order chi connectivity index (χ1) is 18.5. The topological polar surface area (TPSA) is 116 Å². The first kappa shape index (κ1) is 25.0. The highest BCUT2D eigenvalue weighted by Crippen LogP contribution is 2.45. The maximum atomic E-state index is 13.1. The molecule has 0 spiro atoms. The summed E-state index contributed by atoms with van der Waals surface area (Å²) in [5.41, 5.74) is 1.08. The molecule has 4 aromatic rings. The van der Waals surface area contributed by atoms with E-state index in [-0.39, 0.29) is 36.0 Å². The molecule has 0 fully saturated rings. The van der Waals surface area contributed by atoms with Crippen LogP contribution in [0.1, 0.15) is 29.0 Å². The minimum Gasteiger partial charge on any atom is -0.507 e. The summed E-state index contributed by atoms with van der Waals surface area (Å²) in [5, 5.41) is 14.5. The highest BCUT2D eigenvalue weighted by Gasteiger charge is 2.30. The monoisotopic (exact) mass is 517 g/mol. The van der Waals surface area contributed by atoms with Crippen molar-refractivity contribution in [1.82, 2.24) is 5.32 Å². The number of rotatable bonds is 9. The van der Waals surface area contributed by atoms with Crippen molar-refractivity contribution in [2.75, 3.05) is 27.6 Å². The van der Waals surface area contributed by atoms with E-state index < -0.39 is 11.5 Å². The van der Waals surface area contributed by atoms with Crippen molar-refractivity contribution in [3.8, 4) is 28.7 Å². The normalized spacial score (nSPS) is 12.8. The van der Waals surface area contributed by atoms with E-state index in [1.807, 2.05) is 24.3 Å². The fraction of sp³-hybridized carbons (Fsp3) is 0.241. The number of carbonyl (C=O) groups excluding carboxylic acids is 1. The maximum Gasteiger partial charge on any atom is 0.343 e. The molecule has 0 saturated heterocycles. The van der Waals surface area contributed by atoms with Crippen LogP contribution in [0.3, 0.4) is 0 Å². The van der Waals surface area contributed by atoms with E-state index in [0.717, 1.165) is 11.3 Å². The smallest absolute Gasteiger partial charge is 0.343 e. The van der Waals surface area contributed by atoms with Gasteiger partial charge in [0.1, 0.15) is 17.1 Å². The lowest BCUT2D eigenvalue weighted by Crippen LogP contribution is -2.28. The zero-order valence-corrected chi connectivity index (χ0v) is 21.0. The molecule has 1 amide bonds. The van der Waals surface area contributed by atoms with Gasteiger partial charge in [-0.2, -0.15) is 0 Å². The van der Waals surface area contributed by atoms with E-state index in [1.54, 1.807) is 43.5 Å². The van der Waals surface area contributed by atoms with E-state index in [2.05, 4.69) is 5.32 Å². The number of nitrogens with one attached hydrogen (secondary N) is 1. The number of methoxy groups -OCH3 is 2. The standard InChI is InChI=1S/C29H27NO8/c1-34-19-9-7-17(8-10-19)11-12-30-25(31)15-21(18-13-23(35-2)28-24(14-18)36-16-37-28)26-27(32)20-5-3-4-6-22(20)38-29(26)33/h3-10,13-14,21,32H,11-12,15-16H2,1-2H3,(H,30,31). The van der Waals surface area contributed by atoms with Gasteiger partial charge in [-0.25, -0.2) is 4.79 Å². The molecule has 3 aromatic carbocycles. The Labute approximate surface area is 218 Å². The molecule has 9 heteroatoms. The third kappa shape index (κ3) is 4.95. The first-order valence-corrected chi connectivity index (χ1v) is 12.1. The second-order valence-electron chi connectivity index (χ2n) is 8.81. The molecule has 2 N–H and O–H groups in total. The van der Waals surface area contributed by atoms with Gasteiger partial charge in [0.25, 0.3) is 0 Å². The molecule has 0 aliphatic carbocycles. The van der Waals surface area contributed by atoms with Crippen molar-refractivity contribution in [2.45, 2.75) is 18.8 Å². The van der Waals surface area contributed by atoms with Gasteiger partial charge in [0, 0.05) is 18.9 Å². The highest BCUT2D eigenvalue weighted by atomic mass is 16.7. The molecular formula is C29H27NO8. The van der Waals surface area contributed by atoms with Crippen LogP contribution >= 0.6 is 0 Å². The Morgan fingerprint density at radius 2 is 1.84 bits per heavy atom. The summed E-state index contributed by atoms with van der Waals surface area (Å²) in [6, 6.07) is 17.7. The number of ether oxygens (including phenoxy) is 4. The van der Waals surface area contributed by atoms with Crippen LogP contribution in [0.25, 0.3) is 11.0 Å². The fourth-order valence-corrected chi connectivity index (χ4v) is 4.59. The van der Waals surface area contributed by atoms with Crippen LogP contribution in [0.15, 0.2) is 69.9 Å². The van der Waals surface area contributed by atoms with E-state index >= 15 is 0 Å². The summed E-state index contributed by atoms with van der Waals surface area (Å²) in [7, 11) is 3.10. The first-order valence-electron chi connectivity index (χ1n) is 12.1. The van der Waals surface area contributed by atoms with Crippen LogP contribution in [-0.4, -0.2) is 38.6 Å². The fourth-order valence-electron chi connectivity index (χ4n) is 4.59. The highest BCUT2D eigenvalue weighted by molar-refractivity contribution is 5.85. The molecule has 9 nitrogen and oxygen atoms in total. The van der Waals surface area contributed by atoms with Crippen LogP contribution in [0.2, 0.25) is 0 Å². The van der Waals surface area contributed by atoms with Crippen molar-refractivity contribution in [3.63, 3.8) is 0 Å². The average Bonchev–Trinajstić information content (AvgIpc) is 3.41. The van der Waals surface area contributed by atoms with Gasteiger partial charge in [-0.1, -0.05) is 24.3 Å². The molecule has 2 heterocycles. The molecule has 1 atom stereocenters. The SMILES string of the molecule is COc1ccc(CCNC(=O)CC(c2cc(OC)c3c(c2)OCO3)c2c(O)c3ccccc3oc2=O)cc1. The Balaban J connectivity index is 1.46. The predicted molar refractivity (Wildman–Crippen MR) is 139 cm³/mol. The lowest BCUT2D eigenvalue weighted by molar-refractivity contribution is -0.121. The van der Waals surface area contributed by atoms with Crippen molar-refractivity contribution < 1.29 is 33.3 Å². The number of carbonyl (C=O) groups is 1. The number of benzene rings is 3.